The third-order valence-corrected chi connectivity index (χ3v) is 4.73. The molecule has 0 unspecified atom stereocenters. The summed E-state index contributed by atoms with van der Waals surface area (Å²) in [5.74, 6) is 0.852. The SMILES string of the molecule is CN=C(NCCC1=CCOCC1)NCc1ccc(C)cc1SC. The van der Waals surface area contributed by atoms with E-state index >= 15 is 0 Å². The number of nitrogens with zero attached hydrogens (tertiary/aromatic N) is 1. The van der Waals surface area contributed by atoms with Crippen LogP contribution in [0.25, 0.3) is 0 Å². The van der Waals surface area contributed by atoms with Gasteiger partial charge in [-0.15, -0.1) is 11.8 Å². The molecule has 0 atom stereocenters. The predicted molar refractivity (Wildman–Crippen MR) is 99.3 cm³/mol. The Morgan fingerprint density at radius 3 is 2.91 bits per heavy atom. The fourth-order valence-electron chi connectivity index (χ4n) is 2.53. The highest BCUT2D eigenvalue weighted by Gasteiger charge is 2.06. The number of thioether (sulfide) groups is 1. The number of hydrogen-bond donors (Lipinski definition) is 2. The summed E-state index contributed by atoms with van der Waals surface area (Å²) in [5, 5.41) is 6.79. The van der Waals surface area contributed by atoms with Crippen molar-refractivity contribution in [2.75, 3.05) is 33.1 Å². The van der Waals surface area contributed by atoms with E-state index in [1.54, 1.807) is 11.8 Å². The standard InChI is InChI=1S/C18H27N3OS/c1-14-4-5-16(17(12-14)23-3)13-21-18(19-2)20-9-6-15-7-10-22-11-8-15/h4-5,7,12H,6,8-11,13H2,1-3H3,(H2,19,20,21). The van der Waals surface area contributed by atoms with E-state index in [-0.39, 0.29) is 0 Å². The average Bonchev–Trinajstić information content (AvgIpc) is 2.59. The van der Waals surface area contributed by atoms with Crippen LogP contribution in [0.2, 0.25) is 0 Å². The van der Waals surface area contributed by atoms with Crippen molar-refractivity contribution in [3.05, 3.63) is 41.0 Å². The molecule has 0 aromatic heterocycles. The molecule has 0 radical (unpaired) electrons. The highest BCUT2D eigenvalue weighted by molar-refractivity contribution is 7.98. The maximum atomic E-state index is 5.33. The molecule has 5 heteroatoms. The number of hydrogen-bond acceptors (Lipinski definition) is 3. The van der Waals surface area contributed by atoms with Gasteiger partial charge in [0.2, 0.25) is 0 Å². The van der Waals surface area contributed by atoms with Crippen LogP contribution < -0.4 is 10.6 Å². The van der Waals surface area contributed by atoms with Crippen molar-refractivity contribution in [2.24, 2.45) is 4.99 Å². The zero-order chi connectivity index (χ0) is 16.5. The highest BCUT2D eigenvalue weighted by atomic mass is 32.2. The topological polar surface area (TPSA) is 45.7 Å². The Morgan fingerprint density at radius 1 is 1.35 bits per heavy atom. The Morgan fingerprint density at radius 2 is 2.22 bits per heavy atom. The third kappa shape index (κ3) is 5.92. The van der Waals surface area contributed by atoms with Gasteiger partial charge in [-0.25, -0.2) is 0 Å². The molecule has 0 saturated heterocycles. The molecule has 1 aliphatic heterocycles. The monoisotopic (exact) mass is 333 g/mol. The van der Waals surface area contributed by atoms with Crippen LogP contribution in [-0.4, -0.2) is 39.0 Å². The van der Waals surface area contributed by atoms with E-state index in [4.69, 9.17) is 4.74 Å². The maximum absolute atomic E-state index is 5.33. The number of aliphatic imine (C=N–C) groups is 1. The van der Waals surface area contributed by atoms with Crippen LogP contribution in [0, 0.1) is 6.92 Å². The third-order valence-electron chi connectivity index (χ3n) is 3.91. The second-order valence-corrected chi connectivity index (χ2v) is 6.45. The summed E-state index contributed by atoms with van der Waals surface area (Å²) in [5.41, 5.74) is 4.07. The van der Waals surface area contributed by atoms with Gasteiger partial charge in [0.25, 0.3) is 0 Å². The van der Waals surface area contributed by atoms with Crippen molar-refractivity contribution in [3.8, 4) is 0 Å². The molecule has 2 N–H and O–H groups in total. The van der Waals surface area contributed by atoms with Gasteiger partial charge in [0.05, 0.1) is 13.2 Å². The molecular formula is C18H27N3OS. The highest BCUT2D eigenvalue weighted by Crippen LogP contribution is 2.21. The summed E-state index contributed by atoms with van der Waals surface area (Å²) in [6.07, 6.45) is 6.41. The predicted octanol–water partition coefficient (Wildman–Crippen LogP) is 3.12. The van der Waals surface area contributed by atoms with Crippen molar-refractivity contribution >= 4 is 17.7 Å². The number of guanidine groups is 1. The molecule has 126 valence electrons. The molecule has 1 aliphatic rings. The van der Waals surface area contributed by atoms with E-state index in [0.717, 1.165) is 45.1 Å². The molecule has 4 nitrogen and oxygen atoms in total. The van der Waals surface area contributed by atoms with E-state index in [1.165, 1.54) is 21.6 Å². The molecule has 1 aromatic carbocycles. The Hall–Kier alpha value is -1.46. The molecule has 0 spiro atoms. The van der Waals surface area contributed by atoms with Crippen molar-refractivity contribution in [1.82, 2.24) is 10.6 Å². The lowest BCUT2D eigenvalue weighted by Crippen LogP contribution is -2.37. The fourth-order valence-corrected chi connectivity index (χ4v) is 3.24. The van der Waals surface area contributed by atoms with Crippen LogP contribution in [-0.2, 0) is 11.3 Å². The minimum Gasteiger partial charge on any atom is -0.377 e. The zero-order valence-corrected chi connectivity index (χ0v) is 15.1. The molecule has 23 heavy (non-hydrogen) atoms. The van der Waals surface area contributed by atoms with Gasteiger partial charge < -0.3 is 15.4 Å². The van der Waals surface area contributed by atoms with Gasteiger partial charge in [0, 0.05) is 25.0 Å². The van der Waals surface area contributed by atoms with Gasteiger partial charge in [0.15, 0.2) is 5.96 Å². The summed E-state index contributed by atoms with van der Waals surface area (Å²) in [4.78, 5) is 5.62. The zero-order valence-electron chi connectivity index (χ0n) is 14.3. The Balaban J connectivity index is 1.80. The summed E-state index contributed by atoms with van der Waals surface area (Å²) in [6, 6.07) is 6.58. The van der Waals surface area contributed by atoms with Crippen LogP contribution in [0.1, 0.15) is 24.0 Å². The maximum Gasteiger partial charge on any atom is 0.191 e. The van der Waals surface area contributed by atoms with E-state index in [2.05, 4.69) is 53.1 Å². The normalized spacial score (nSPS) is 15.3. The van der Waals surface area contributed by atoms with E-state index in [0.29, 0.717) is 0 Å². The molecule has 0 fully saturated rings. The number of ether oxygens (including phenoxy) is 1. The van der Waals surface area contributed by atoms with Crippen molar-refractivity contribution in [1.29, 1.82) is 0 Å². The van der Waals surface area contributed by atoms with Crippen LogP contribution in [0.5, 0.6) is 0 Å². The Kier molecular flexibility index (Phi) is 7.49. The van der Waals surface area contributed by atoms with Gasteiger partial charge in [-0.2, -0.15) is 0 Å². The Bertz CT molecular complexity index is 569. The molecular weight excluding hydrogens is 306 g/mol. The minimum atomic E-state index is 0.757. The first-order valence-electron chi connectivity index (χ1n) is 8.06. The average molecular weight is 334 g/mol. The van der Waals surface area contributed by atoms with E-state index in [1.807, 2.05) is 7.05 Å². The van der Waals surface area contributed by atoms with E-state index < -0.39 is 0 Å². The number of rotatable bonds is 6. The fraction of sp³-hybridized carbons (Fsp3) is 0.500. The molecule has 2 rings (SSSR count). The second-order valence-electron chi connectivity index (χ2n) is 5.61. The van der Waals surface area contributed by atoms with Gasteiger partial charge in [0.1, 0.15) is 0 Å². The summed E-state index contributed by atoms with van der Waals surface area (Å²) < 4.78 is 5.33. The Labute approximate surface area is 143 Å². The summed E-state index contributed by atoms with van der Waals surface area (Å²) in [6.45, 7) is 5.42. The van der Waals surface area contributed by atoms with Crippen LogP contribution in [0.3, 0.4) is 0 Å². The van der Waals surface area contributed by atoms with Crippen LogP contribution in [0.4, 0.5) is 0 Å². The minimum absolute atomic E-state index is 0.757. The first-order valence-corrected chi connectivity index (χ1v) is 9.29. The van der Waals surface area contributed by atoms with Crippen molar-refractivity contribution in [3.63, 3.8) is 0 Å². The van der Waals surface area contributed by atoms with Crippen molar-refractivity contribution in [2.45, 2.75) is 31.2 Å². The molecule has 1 heterocycles. The van der Waals surface area contributed by atoms with Crippen molar-refractivity contribution < 1.29 is 4.74 Å². The second kappa shape index (κ2) is 9.63. The quantitative estimate of drug-likeness (QED) is 0.363. The number of benzene rings is 1. The molecule has 0 bridgehead atoms. The molecule has 0 aliphatic carbocycles. The van der Waals surface area contributed by atoms with Gasteiger partial charge in [-0.05, 0) is 43.2 Å². The number of nitrogens with one attached hydrogen (secondary N) is 2. The van der Waals surface area contributed by atoms with Crippen LogP contribution >= 0.6 is 11.8 Å². The van der Waals surface area contributed by atoms with E-state index in [9.17, 15) is 0 Å². The van der Waals surface area contributed by atoms with Gasteiger partial charge in [-0.1, -0.05) is 23.8 Å². The summed E-state index contributed by atoms with van der Waals surface area (Å²) >= 11 is 1.79. The first kappa shape index (κ1) is 17.9. The summed E-state index contributed by atoms with van der Waals surface area (Å²) in [7, 11) is 1.81. The van der Waals surface area contributed by atoms with Gasteiger partial charge in [-0.3, -0.25) is 4.99 Å². The lowest BCUT2D eigenvalue weighted by molar-refractivity contribution is 0.153. The first-order chi connectivity index (χ1) is 11.2. The molecule has 0 saturated carbocycles. The largest absolute Gasteiger partial charge is 0.377 e. The van der Waals surface area contributed by atoms with Gasteiger partial charge >= 0.3 is 0 Å². The van der Waals surface area contributed by atoms with Crippen LogP contribution in [0.15, 0.2) is 39.7 Å². The molecule has 1 aromatic rings. The number of aryl methyl sites for hydroxylation is 1. The lowest BCUT2D eigenvalue weighted by Gasteiger charge is -2.16. The lowest BCUT2D eigenvalue weighted by atomic mass is 10.1. The molecule has 0 amide bonds. The smallest absolute Gasteiger partial charge is 0.191 e.